The van der Waals surface area contributed by atoms with Gasteiger partial charge in [-0.2, -0.15) is 0 Å². The topological polar surface area (TPSA) is 83.5 Å². The maximum Gasteiger partial charge on any atom is 0.256 e. The van der Waals surface area contributed by atoms with Gasteiger partial charge in [0.05, 0.1) is 9.79 Å². The molecule has 2 rings (SSSR count). The molecule has 128 valence electrons. The van der Waals surface area contributed by atoms with Crippen molar-refractivity contribution >= 4 is 21.4 Å². The Kier molecular flexibility index (Phi) is 5.41. The van der Waals surface area contributed by atoms with Crippen LogP contribution in [0.4, 0.5) is 5.69 Å². The maximum absolute atomic E-state index is 12.5. The van der Waals surface area contributed by atoms with Crippen LogP contribution >= 0.6 is 0 Å². The van der Waals surface area contributed by atoms with E-state index in [2.05, 4.69) is 5.32 Å². The lowest BCUT2D eigenvalue weighted by Crippen LogP contribution is -2.41. The van der Waals surface area contributed by atoms with Gasteiger partial charge in [-0.3, -0.25) is 4.79 Å². The van der Waals surface area contributed by atoms with Crippen molar-refractivity contribution in [1.82, 2.24) is 0 Å². The van der Waals surface area contributed by atoms with Crippen LogP contribution in [0.2, 0.25) is 0 Å². The quantitative estimate of drug-likeness (QED) is 0.841. The molecule has 6 heteroatoms. The van der Waals surface area contributed by atoms with Crippen molar-refractivity contribution in [1.29, 1.82) is 0 Å². The van der Waals surface area contributed by atoms with Crippen molar-refractivity contribution < 1.29 is 18.3 Å². The molecule has 0 bridgehead atoms. The number of carbonyl (C=O) groups is 1. The van der Waals surface area contributed by atoms with E-state index in [1.165, 1.54) is 36.4 Å². The summed E-state index contributed by atoms with van der Waals surface area (Å²) in [5, 5.41) is 12.8. The molecule has 24 heavy (non-hydrogen) atoms. The highest BCUT2D eigenvalue weighted by Crippen LogP contribution is 2.23. The Morgan fingerprint density at radius 2 is 1.46 bits per heavy atom. The lowest BCUT2D eigenvalue weighted by molar-refractivity contribution is -0.134. The van der Waals surface area contributed by atoms with E-state index in [1.807, 2.05) is 0 Å². The molecule has 2 aromatic rings. The second-order valence-corrected chi connectivity index (χ2v) is 7.48. The molecule has 5 nitrogen and oxygen atoms in total. The molecule has 0 fully saturated rings. The molecule has 0 heterocycles. The first-order valence-electron chi connectivity index (χ1n) is 7.77. The molecule has 0 aliphatic heterocycles. The van der Waals surface area contributed by atoms with Gasteiger partial charge in [-0.15, -0.1) is 0 Å². The third-order valence-corrected chi connectivity index (χ3v) is 5.85. The number of amides is 1. The van der Waals surface area contributed by atoms with Crippen LogP contribution in [-0.4, -0.2) is 25.0 Å². The number of sulfone groups is 1. The molecule has 0 saturated heterocycles. The average molecular weight is 347 g/mol. The second-order valence-electron chi connectivity index (χ2n) is 5.53. The predicted octanol–water partition coefficient (Wildman–Crippen LogP) is 3.01. The number of carbonyl (C=O) groups excluding carboxylic acids is 1. The first-order chi connectivity index (χ1) is 11.3. The van der Waals surface area contributed by atoms with Crippen LogP contribution in [0.25, 0.3) is 0 Å². The van der Waals surface area contributed by atoms with Crippen LogP contribution < -0.4 is 5.32 Å². The van der Waals surface area contributed by atoms with Gasteiger partial charge in [0.2, 0.25) is 9.84 Å². The van der Waals surface area contributed by atoms with Crippen LogP contribution in [0.15, 0.2) is 64.4 Å². The predicted molar refractivity (Wildman–Crippen MR) is 92.5 cm³/mol. The summed E-state index contributed by atoms with van der Waals surface area (Å²) in [4.78, 5) is 12.5. The fourth-order valence-corrected chi connectivity index (χ4v) is 3.55. The minimum atomic E-state index is -3.58. The number of nitrogens with one attached hydrogen (secondary N) is 1. The van der Waals surface area contributed by atoms with Crippen LogP contribution in [0.1, 0.15) is 26.7 Å². The molecule has 1 amide bonds. The Balaban J connectivity index is 2.21. The Morgan fingerprint density at radius 1 is 0.958 bits per heavy atom. The number of anilines is 1. The third-order valence-electron chi connectivity index (χ3n) is 4.07. The van der Waals surface area contributed by atoms with E-state index in [-0.39, 0.29) is 9.79 Å². The van der Waals surface area contributed by atoms with Gasteiger partial charge in [0.15, 0.2) is 0 Å². The zero-order chi connectivity index (χ0) is 17.8. The zero-order valence-electron chi connectivity index (χ0n) is 13.7. The van der Waals surface area contributed by atoms with Gasteiger partial charge in [0, 0.05) is 5.69 Å². The minimum Gasteiger partial charge on any atom is -0.380 e. The van der Waals surface area contributed by atoms with Crippen molar-refractivity contribution in [3.05, 3.63) is 54.6 Å². The lowest BCUT2D eigenvalue weighted by Gasteiger charge is -2.23. The monoisotopic (exact) mass is 347 g/mol. The van der Waals surface area contributed by atoms with Crippen molar-refractivity contribution in [3.8, 4) is 0 Å². The molecule has 0 saturated carbocycles. The molecule has 0 radical (unpaired) electrons. The molecule has 0 aliphatic carbocycles. The SMILES string of the molecule is CCC(O)(CC)C(=O)Nc1ccc(S(=O)(=O)c2ccccc2)cc1. The fourth-order valence-electron chi connectivity index (χ4n) is 2.27. The summed E-state index contributed by atoms with van der Waals surface area (Å²) in [5.41, 5.74) is -0.984. The number of rotatable bonds is 6. The molecule has 0 spiro atoms. The van der Waals surface area contributed by atoms with Gasteiger partial charge in [-0.25, -0.2) is 8.42 Å². The summed E-state index contributed by atoms with van der Waals surface area (Å²) >= 11 is 0. The Bertz CT molecular complexity index is 795. The van der Waals surface area contributed by atoms with Gasteiger partial charge in [0.25, 0.3) is 5.91 Å². The largest absolute Gasteiger partial charge is 0.380 e. The molecule has 2 N–H and O–H groups in total. The molecule has 0 aliphatic rings. The van der Waals surface area contributed by atoms with Gasteiger partial charge >= 0.3 is 0 Å². The highest BCUT2D eigenvalue weighted by atomic mass is 32.2. The van der Waals surface area contributed by atoms with E-state index < -0.39 is 21.3 Å². The average Bonchev–Trinajstić information content (AvgIpc) is 2.62. The Labute approximate surface area is 142 Å². The van der Waals surface area contributed by atoms with Crippen molar-refractivity contribution in [2.75, 3.05) is 5.32 Å². The second kappa shape index (κ2) is 7.15. The highest BCUT2D eigenvalue weighted by molar-refractivity contribution is 7.91. The van der Waals surface area contributed by atoms with Crippen molar-refractivity contribution in [2.24, 2.45) is 0 Å². The summed E-state index contributed by atoms with van der Waals surface area (Å²) in [6, 6.07) is 14.1. The smallest absolute Gasteiger partial charge is 0.256 e. The molecular formula is C18H21NO4S. The van der Waals surface area contributed by atoms with Crippen LogP contribution in [0.5, 0.6) is 0 Å². The first kappa shape index (κ1) is 18.2. The Morgan fingerprint density at radius 3 is 1.96 bits per heavy atom. The summed E-state index contributed by atoms with van der Waals surface area (Å²) in [5.74, 6) is -0.494. The van der Waals surface area contributed by atoms with Crippen molar-refractivity contribution in [2.45, 2.75) is 42.1 Å². The summed E-state index contributed by atoms with van der Waals surface area (Å²) < 4.78 is 25.0. The number of benzene rings is 2. The number of hydrogen-bond donors (Lipinski definition) is 2. The van der Waals surface area contributed by atoms with Gasteiger partial charge in [-0.1, -0.05) is 32.0 Å². The standard InChI is InChI=1S/C18H21NO4S/c1-3-18(21,4-2)17(20)19-14-10-12-16(13-11-14)24(22,23)15-8-6-5-7-9-15/h5-13,21H,3-4H2,1-2H3,(H,19,20). The van der Waals surface area contributed by atoms with E-state index in [4.69, 9.17) is 0 Å². The summed E-state index contributed by atoms with van der Waals surface area (Å²) in [6.45, 7) is 3.47. The number of hydrogen-bond acceptors (Lipinski definition) is 4. The lowest BCUT2D eigenvalue weighted by atomic mass is 9.96. The van der Waals surface area contributed by atoms with Gasteiger partial charge in [-0.05, 0) is 49.2 Å². The number of aliphatic hydroxyl groups is 1. The van der Waals surface area contributed by atoms with Crippen molar-refractivity contribution in [3.63, 3.8) is 0 Å². The normalized spacial score (nSPS) is 12.0. The van der Waals surface area contributed by atoms with Crippen LogP contribution in [0.3, 0.4) is 0 Å². The Hall–Kier alpha value is -2.18. The van der Waals surface area contributed by atoms with E-state index >= 15 is 0 Å². The molecular weight excluding hydrogens is 326 g/mol. The van der Waals surface area contributed by atoms with Crippen LogP contribution in [-0.2, 0) is 14.6 Å². The van der Waals surface area contributed by atoms with E-state index in [0.717, 1.165) is 0 Å². The fraction of sp³-hybridized carbons (Fsp3) is 0.278. The summed E-state index contributed by atoms with van der Waals surface area (Å²) in [7, 11) is -3.58. The van der Waals surface area contributed by atoms with Gasteiger partial charge < -0.3 is 10.4 Å². The van der Waals surface area contributed by atoms with Crippen LogP contribution in [0, 0.1) is 0 Å². The third kappa shape index (κ3) is 3.66. The van der Waals surface area contributed by atoms with E-state index in [9.17, 15) is 18.3 Å². The highest BCUT2D eigenvalue weighted by Gasteiger charge is 2.31. The first-order valence-corrected chi connectivity index (χ1v) is 9.26. The van der Waals surface area contributed by atoms with Gasteiger partial charge in [0.1, 0.15) is 5.60 Å². The minimum absolute atomic E-state index is 0.146. The zero-order valence-corrected chi connectivity index (χ0v) is 14.5. The molecule has 0 atom stereocenters. The van der Waals surface area contributed by atoms with E-state index in [1.54, 1.807) is 32.0 Å². The maximum atomic E-state index is 12.5. The summed E-state index contributed by atoms with van der Waals surface area (Å²) in [6.07, 6.45) is 0.603. The van der Waals surface area contributed by atoms with E-state index in [0.29, 0.717) is 18.5 Å². The molecule has 0 unspecified atom stereocenters. The molecule has 0 aromatic heterocycles. The molecule has 2 aromatic carbocycles.